The fourth-order valence-corrected chi connectivity index (χ4v) is 7.16. The molecule has 0 aliphatic carbocycles. The van der Waals surface area contributed by atoms with E-state index in [1.807, 2.05) is 23.1 Å². The molecule has 3 heterocycles. The maximum atomic E-state index is 13.2. The molecule has 2 aliphatic heterocycles. The van der Waals surface area contributed by atoms with Gasteiger partial charge in [0.2, 0.25) is 24.0 Å². The molecule has 2 amide bonds. The number of carbonyl (C=O) groups is 2. The second kappa shape index (κ2) is 18.1. The van der Waals surface area contributed by atoms with Gasteiger partial charge in [0.25, 0.3) is 0 Å². The van der Waals surface area contributed by atoms with Gasteiger partial charge >= 0.3 is 0 Å². The lowest BCUT2D eigenvalue weighted by Crippen LogP contribution is -2.60. The highest BCUT2D eigenvalue weighted by Gasteiger charge is 2.45. The van der Waals surface area contributed by atoms with E-state index >= 15 is 0 Å². The van der Waals surface area contributed by atoms with Crippen molar-refractivity contribution in [2.75, 3.05) is 39.4 Å². The number of hydrogen-bond donors (Lipinski definition) is 6. The average Bonchev–Trinajstić information content (AvgIpc) is 3.50. The van der Waals surface area contributed by atoms with Crippen LogP contribution in [0.4, 0.5) is 0 Å². The summed E-state index contributed by atoms with van der Waals surface area (Å²) < 4.78 is 13.2. The lowest BCUT2D eigenvalue weighted by atomic mass is 9.99. The second-order valence-corrected chi connectivity index (χ2v) is 15.0. The molecule has 14 heteroatoms. The predicted octanol–water partition coefficient (Wildman–Crippen LogP) is 1.15. The van der Waals surface area contributed by atoms with E-state index in [0.29, 0.717) is 50.2 Å². The zero-order chi connectivity index (χ0) is 38.3. The number of nitrogens with zero attached hydrogens (tertiary/aromatic N) is 4. The maximum absolute atomic E-state index is 13.2. The summed E-state index contributed by atoms with van der Waals surface area (Å²) in [5.74, 6) is -0.00410. The van der Waals surface area contributed by atoms with Gasteiger partial charge in [0.05, 0.1) is 30.7 Å². The molecule has 0 spiro atoms. The van der Waals surface area contributed by atoms with Gasteiger partial charge in [-0.15, -0.1) is 5.10 Å². The number of aromatic nitrogens is 2. The van der Waals surface area contributed by atoms with E-state index in [1.54, 1.807) is 18.5 Å². The summed E-state index contributed by atoms with van der Waals surface area (Å²) in [5, 5.41) is 58.4. The molecule has 2 aliphatic rings. The molecule has 2 saturated heterocycles. The largest absolute Gasteiger partial charge is 0.443 e. The Morgan fingerprint density at radius 1 is 0.925 bits per heavy atom. The minimum absolute atomic E-state index is 0.0374. The lowest BCUT2D eigenvalue weighted by Gasteiger charge is -2.40. The Morgan fingerprint density at radius 3 is 2.25 bits per heavy atom. The first-order valence-corrected chi connectivity index (χ1v) is 18.8. The molecule has 14 nitrogen and oxygen atoms in total. The van der Waals surface area contributed by atoms with Gasteiger partial charge in [0.1, 0.15) is 30.0 Å². The first-order valence-electron chi connectivity index (χ1n) is 18.8. The first kappa shape index (κ1) is 40.6. The van der Waals surface area contributed by atoms with Gasteiger partial charge < -0.3 is 45.2 Å². The zero-order valence-corrected chi connectivity index (χ0v) is 31.4. The van der Waals surface area contributed by atoms with Crippen molar-refractivity contribution in [3.05, 3.63) is 59.2 Å². The number of amides is 2. The van der Waals surface area contributed by atoms with Gasteiger partial charge in [0.15, 0.2) is 0 Å². The topological polar surface area (TPSA) is 190 Å². The van der Waals surface area contributed by atoms with Gasteiger partial charge in [0, 0.05) is 38.6 Å². The van der Waals surface area contributed by atoms with E-state index in [1.165, 1.54) is 5.56 Å². The monoisotopic (exact) mass is 739 g/mol. The average molecular weight is 740 g/mol. The number of benzene rings is 2. The molecule has 5 atom stereocenters. The smallest absolute Gasteiger partial charge is 0.247 e. The summed E-state index contributed by atoms with van der Waals surface area (Å²) in [6, 6.07) is 14.6. The van der Waals surface area contributed by atoms with Crippen LogP contribution in [0.25, 0.3) is 10.9 Å². The molecule has 0 saturated carbocycles. The minimum atomic E-state index is -1.59. The highest BCUT2D eigenvalue weighted by molar-refractivity contribution is 5.91. The molecule has 5 rings (SSSR count). The molecule has 1 aromatic heterocycles. The van der Waals surface area contributed by atoms with Crippen LogP contribution in [-0.4, -0.2) is 139 Å². The van der Waals surface area contributed by atoms with Crippen LogP contribution in [0.3, 0.4) is 0 Å². The Bertz CT molecular complexity index is 1650. The van der Waals surface area contributed by atoms with Crippen molar-refractivity contribution < 1.29 is 44.6 Å². The van der Waals surface area contributed by atoms with Crippen LogP contribution >= 0.6 is 0 Å². The number of aliphatic hydroxyl groups excluding tert-OH is 5. The Balaban J connectivity index is 1.12. The summed E-state index contributed by atoms with van der Waals surface area (Å²) in [7, 11) is 0. The highest BCUT2D eigenvalue weighted by Crippen LogP contribution is 2.33. The maximum Gasteiger partial charge on any atom is 0.247 e. The molecule has 2 fully saturated rings. The number of aliphatic hydroxyl groups is 5. The van der Waals surface area contributed by atoms with Crippen molar-refractivity contribution >= 4 is 22.7 Å². The van der Waals surface area contributed by atoms with Crippen molar-refractivity contribution in [3.8, 4) is 5.88 Å². The molecular weight excluding hydrogens is 682 g/mol. The van der Waals surface area contributed by atoms with Crippen molar-refractivity contribution in [3.63, 3.8) is 0 Å². The van der Waals surface area contributed by atoms with Crippen LogP contribution in [0.15, 0.2) is 42.5 Å². The lowest BCUT2D eigenvalue weighted by molar-refractivity contribution is -0.278. The number of fused-ring (bicyclic) bond motifs is 1. The molecule has 3 aromatic rings. The normalized spacial score (nSPS) is 22.8. The van der Waals surface area contributed by atoms with Crippen LogP contribution < -0.4 is 10.1 Å². The third-order valence-electron chi connectivity index (χ3n) is 10.4. The van der Waals surface area contributed by atoms with Gasteiger partial charge in [-0.1, -0.05) is 36.4 Å². The third kappa shape index (κ3) is 9.92. The Kier molecular flexibility index (Phi) is 13.9. The number of carbonyl (C=O) groups excluding carboxylic acids is 2. The second-order valence-electron chi connectivity index (χ2n) is 15.0. The van der Waals surface area contributed by atoms with E-state index < -0.39 is 42.9 Å². The third-order valence-corrected chi connectivity index (χ3v) is 10.4. The summed E-state index contributed by atoms with van der Waals surface area (Å²) in [6.07, 6.45) is -3.10. The molecule has 292 valence electrons. The van der Waals surface area contributed by atoms with Crippen molar-refractivity contribution in [2.45, 2.75) is 115 Å². The van der Waals surface area contributed by atoms with Crippen molar-refractivity contribution in [1.82, 2.24) is 24.9 Å². The fraction of sp³-hybridized carbons (Fsp3) is 0.615. The van der Waals surface area contributed by atoms with Crippen molar-refractivity contribution in [2.24, 2.45) is 0 Å². The van der Waals surface area contributed by atoms with E-state index in [9.17, 15) is 35.1 Å². The number of rotatable bonds is 16. The van der Waals surface area contributed by atoms with E-state index in [-0.39, 0.29) is 30.8 Å². The molecular formula is C39H57N5O9. The number of nitrogens with one attached hydrogen (secondary N) is 1. The van der Waals surface area contributed by atoms with Gasteiger partial charge in [-0.25, -0.2) is 0 Å². The molecule has 53 heavy (non-hydrogen) atoms. The number of hydrogen-bond acceptors (Lipinski definition) is 11. The number of piperazine rings is 1. The van der Waals surface area contributed by atoms with Crippen LogP contribution in [-0.2, 0) is 40.1 Å². The van der Waals surface area contributed by atoms with Crippen molar-refractivity contribution in [1.29, 1.82) is 0 Å². The zero-order valence-electron chi connectivity index (χ0n) is 31.4. The van der Waals surface area contributed by atoms with Crippen LogP contribution in [0.5, 0.6) is 5.88 Å². The van der Waals surface area contributed by atoms with Gasteiger partial charge in [-0.2, -0.15) is 0 Å². The Labute approximate surface area is 311 Å². The van der Waals surface area contributed by atoms with Crippen LogP contribution in [0.1, 0.15) is 63.6 Å². The molecule has 0 unspecified atom stereocenters. The number of aryl methyl sites for hydroxylation is 3. The van der Waals surface area contributed by atoms with Gasteiger partial charge in [-0.05, 0) is 82.6 Å². The van der Waals surface area contributed by atoms with Gasteiger partial charge in [-0.3, -0.25) is 19.2 Å². The standard InChI is InChI=1S/C39H57N5O9/c1-25(2)42-18-20-43(21-19-42)38(51)39(3,4)40-31(47)11-6-5-8-26-12-14-27(15-13-26)16-17-28-9-7-10-29-32(28)36(41-44(29)22-23-45)53-37-35(50)34(49)33(48)30(24-46)52-37/h7,9-10,12-15,25,30,33-35,37,45-46,48-50H,5-6,8,11,16-24H2,1-4H3,(H,40,47)/t30-,33-,34+,35-,37+/m1/s1. The fourth-order valence-electron chi connectivity index (χ4n) is 7.16. The van der Waals surface area contributed by atoms with E-state index in [4.69, 9.17) is 9.47 Å². The summed E-state index contributed by atoms with van der Waals surface area (Å²) in [6.45, 7) is 10.4. The summed E-state index contributed by atoms with van der Waals surface area (Å²) in [5.41, 5.74) is 2.99. The molecule has 0 radical (unpaired) electrons. The summed E-state index contributed by atoms with van der Waals surface area (Å²) >= 11 is 0. The SMILES string of the molecule is CC(C)N1CCN(C(=O)C(C)(C)NC(=O)CCCCc2ccc(CCc3cccc4c3c(O[C@@H]3O[C@H](CO)[C@@H](O)[C@H](O)[C@H]3O)nn4CCO)cc2)CC1. The first-order chi connectivity index (χ1) is 25.3. The Morgan fingerprint density at radius 2 is 1.60 bits per heavy atom. The predicted molar refractivity (Wildman–Crippen MR) is 198 cm³/mol. The molecule has 6 N–H and O–H groups in total. The molecule has 0 bridgehead atoms. The van der Waals surface area contributed by atoms with Crippen LogP contribution in [0.2, 0.25) is 0 Å². The molecule has 2 aromatic carbocycles. The van der Waals surface area contributed by atoms with E-state index in [2.05, 4.69) is 53.4 Å². The number of ether oxygens (including phenoxy) is 2. The number of unbranched alkanes of at least 4 members (excludes halogenated alkanes) is 1. The highest BCUT2D eigenvalue weighted by atomic mass is 16.7. The summed E-state index contributed by atoms with van der Waals surface area (Å²) in [4.78, 5) is 30.1. The Hall–Kier alpha value is -3.63. The van der Waals surface area contributed by atoms with Crippen LogP contribution in [0, 0.1) is 0 Å². The quantitative estimate of drug-likeness (QED) is 0.116. The minimum Gasteiger partial charge on any atom is -0.443 e. The van der Waals surface area contributed by atoms with E-state index in [0.717, 1.165) is 42.6 Å².